The number of aromatic nitrogens is 2. The van der Waals surface area contributed by atoms with Crippen LogP contribution in [-0.2, 0) is 11.3 Å². The van der Waals surface area contributed by atoms with E-state index in [9.17, 15) is 4.79 Å². The molecule has 0 bridgehead atoms. The lowest BCUT2D eigenvalue weighted by Gasteiger charge is -2.17. The predicted molar refractivity (Wildman–Crippen MR) is 96.3 cm³/mol. The Balaban J connectivity index is 1.70. The topological polar surface area (TPSA) is 38.1 Å². The Labute approximate surface area is 141 Å². The molecule has 3 aromatic rings. The molecule has 4 rings (SSSR count). The van der Waals surface area contributed by atoms with Crippen LogP contribution in [0.4, 0.5) is 5.69 Å². The van der Waals surface area contributed by atoms with E-state index in [-0.39, 0.29) is 11.8 Å². The Kier molecular flexibility index (Phi) is 3.60. The van der Waals surface area contributed by atoms with Gasteiger partial charge in [-0.05, 0) is 43.7 Å². The Morgan fingerprint density at radius 1 is 1.17 bits per heavy atom. The molecule has 24 heavy (non-hydrogen) atoms. The highest BCUT2D eigenvalue weighted by Crippen LogP contribution is 2.33. The van der Waals surface area contributed by atoms with E-state index in [0.717, 1.165) is 29.1 Å². The lowest BCUT2D eigenvalue weighted by atomic mass is 10.1. The first-order chi connectivity index (χ1) is 11.7. The van der Waals surface area contributed by atoms with Crippen LogP contribution >= 0.6 is 0 Å². The number of hydrogen-bond acceptors (Lipinski definition) is 2. The molecule has 1 aromatic heterocycles. The van der Waals surface area contributed by atoms with Crippen molar-refractivity contribution in [1.29, 1.82) is 0 Å². The number of aryl methyl sites for hydroxylation is 2. The average molecular weight is 319 g/mol. The maximum atomic E-state index is 12.6. The van der Waals surface area contributed by atoms with Crippen molar-refractivity contribution in [2.24, 2.45) is 0 Å². The molecule has 1 fully saturated rings. The van der Waals surface area contributed by atoms with E-state index in [1.165, 1.54) is 5.56 Å². The fourth-order valence-electron chi connectivity index (χ4n) is 3.66. The van der Waals surface area contributed by atoms with Crippen LogP contribution in [0.5, 0.6) is 0 Å². The van der Waals surface area contributed by atoms with Gasteiger partial charge in [0.1, 0.15) is 5.82 Å². The van der Waals surface area contributed by atoms with Gasteiger partial charge in [-0.25, -0.2) is 4.98 Å². The zero-order chi connectivity index (χ0) is 16.7. The minimum Gasteiger partial charge on any atom is -0.328 e. The van der Waals surface area contributed by atoms with Crippen LogP contribution in [0, 0.1) is 6.92 Å². The minimum absolute atomic E-state index is 0.144. The molecule has 4 heteroatoms. The highest BCUT2D eigenvalue weighted by Gasteiger charge is 2.34. The number of hydrogen-bond donors (Lipinski definition) is 0. The zero-order valence-electron chi connectivity index (χ0n) is 14.1. The zero-order valence-corrected chi connectivity index (χ0v) is 14.1. The fourth-order valence-corrected chi connectivity index (χ4v) is 3.66. The summed E-state index contributed by atoms with van der Waals surface area (Å²) < 4.78 is 2.24. The van der Waals surface area contributed by atoms with Crippen LogP contribution in [0.25, 0.3) is 11.0 Å². The molecule has 0 N–H and O–H groups in total. The number of anilines is 1. The number of carbonyl (C=O) groups excluding carboxylic acids is 1. The molecule has 1 atom stereocenters. The van der Waals surface area contributed by atoms with Crippen LogP contribution in [-0.4, -0.2) is 22.0 Å². The Morgan fingerprint density at radius 3 is 2.79 bits per heavy atom. The van der Waals surface area contributed by atoms with E-state index in [0.29, 0.717) is 13.0 Å². The molecule has 1 aliphatic heterocycles. The van der Waals surface area contributed by atoms with Crippen molar-refractivity contribution >= 4 is 22.6 Å². The fraction of sp³-hybridized carbons (Fsp3) is 0.300. The van der Waals surface area contributed by atoms with Gasteiger partial charge in [0, 0.05) is 31.1 Å². The summed E-state index contributed by atoms with van der Waals surface area (Å²) in [7, 11) is 0. The maximum Gasteiger partial charge on any atom is 0.227 e. The number of imidazole rings is 1. The van der Waals surface area contributed by atoms with E-state index < -0.39 is 0 Å². The highest BCUT2D eigenvalue weighted by atomic mass is 16.2. The minimum atomic E-state index is 0.144. The monoisotopic (exact) mass is 319 g/mol. The summed E-state index contributed by atoms with van der Waals surface area (Å²) in [4.78, 5) is 19.3. The van der Waals surface area contributed by atoms with Gasteiger partial charge >= 0.3 is 0 Å². The molecule has 1 amide bonds. The molecule has 0 spiro atoms. The third kappa shape index (κ3) is 2.39. The number of carbonyl (C=O) groups is 1. The van der Waals surface area contributed by atoms with E-state index in [1.54, 1.807) is 0 Å². The summed E-state index contributed by atoms with van der Waals surface area (Å²) in [6.45, 7) is 5.75. The number of benzene rings is 2. The summed E-state index contributed by atoms with van der Waals surface area (Å²) in [6.07, 6.45) is 0.525. The van der Waals surface area contributed by atoms with E-state index in [2.05, 4.69) is 36.6 Å². The van der Waals surface area contributed by atoms with Crippen LogP contribution in [0.3, 0.4) is 0 Å². The van der Waals surface area contributed by atoms with Crippen molar-refractivity contribution in [3.05, 3.63) is 59.9 Å². The van der Waals surface area contributed by atoms with Crippen LogP contribution in [0.1, 0.15) is 30.7 Å². The number of para-hydroxylation sites is 2. The molecular weight excluding hydrogens is 298 g/mol. The summed E-state index contributed by atoms with van der Waals surface area (Å²) in [5.74, 6) is 1.35. The molecule has 0 radical (unpaired) electrons. The second-order valence-electron chi connectivity index (χ2n) is 6.45. The molecule has 122 valence electrons. The number of fused-ring (bicyclic) bond motifs is 1. The Morgan fingerprint density at radius 2 is 2.00 bits per heavy atom. The molecule has 0 saturated carbocycles. The van der Waals surface area contributed by atoms with Crippen LogP contribution < -0.4 is 4.90 Å². The highest BCUT2D eigenvalue weighted by molar-refractivity contribution is 5.96. The smallest absolute Gasteiger partial charge is 0.227 e. The molecule has 0 aliphatic carbocycles. The van der Waals surface area contributed by atoms with Crippen molar-refractivity contribution in [1.82, 2.24) is 9.55 Å². The average Bonchev–Trinajstić information content (AvgIpc) is 3.15. The SMILES string of the molecule is CCn1c([C@H]2CC(=O)N(c3cccc(C)c3)C2)nc2ccccc21. The lowest BCUT2D eigenvalue weighted by Crippen LogP contribution is -2.24. The van der Waals surface area contributed by atoms with Gasteiger partial charge in [-0.2, -0.15) is 0 Å². The Bertz CT molecular complexity index is 912. The predicted octanol–water partition coefficient (Wildman–Crippen LogP) is 3.89. The van der Waals surface area contributed by atoms with Crippen LogP contribution in [0.2, 0.25) is 0 Å². The summed E-state index contributed by atoms with van der Waals surface area (Å²) >= 11 is 0. The van der Waals surface area contributed by atoms with E-state index in [1.807, 2.05) is 35.2 Å². The van der Waals surface area contributed by atoms with Gasteiger partial charge in [0.2, 0.25) is 5.91 Å². The van der Waals surface area contributed by atoms with Crippen LogP contribution in [0.15, 0.2) is 48.5 Å². The first-order valence-corrected chi connectivity index (χ1v) is 8.49. The van der Waals surface area contributed by atoms with Gasteiger partial charge in [-0.3, -0.25) is 4.79 Å². The first-order valence-electron chi connectivity index (χ1n) is 8.49. The van der Waals surface area contributed by atoms with Crippen molar-refractivity contribution in [3.63, 3.8) is 0 Å². The first kappa shape index (κ1) is 14.9. The van der Waals surface area contributed by atoms with Crippen molar-refractivity contribution in [2.45, 2.75) is 32.7 Å². The largest absolute Gasteiger partial charge is 0.328 e. The lowest BCUT2D eigenvalue weighted by molar-refractivity contribution is -0.117. The molecule has 1 aliphatic rings. The van der Waals surface area contributed by atoms with Gasteiger partial charge in [0.05, 0.1) is 11.0 Å². The van der Waals surface area contributed by atoms with E-state index >= 15 is 0 Å². The molecule has 2 aromatic carbocycles. The summed E-state index contributed by atoms with van der Waals surface area (Å²) in [5, 5.41) is 0. The van der Waals surface area contributed by atoms with Gasteiger partial charge < -0.3 is 9.47 Å². The number of rotatable bonds is 3. The molecule has 0 unspecified atom stereocenters. The third-order valence-corrected chi connectivity index (χ3v) is 4.80. The number of nitrogens with zero attached hydrogens (tertiary/aromatic N) is 3. The van der Waals surface area contributed by atoms with Gasteiger partial charge in [0.25, 0.3) is 0 Å². The Hall–Kier alpha value is -2.62. The second-order valence-corrected chi connectivity index (χ2v) is 6.45. The van der Waals surface area contributed by atoms with E-state index in [4.69, 9.17) is 4.98 Å². The van der Waals surface area contributed by atoms with Crippen molar-refractivity contribution in [3.8, 4) is 0 Å². The normalized spacial score (nSPS) is 17.8. The molecular formula is C20H21N3O. The number of amides is 1. The quantitative estimate of drug-likeness (QED) is 0.734. The molecule has 4 nitrogen and oxygen atoms in total. The van der Waals surface area contributed by atoms with Gasteiger partial charge in [0.15, 0.2) is 0 Å². The summed E-state index contributed by atoms with van der Waals surface area (Å²) in [6, 6.07) is 16.3. The third-order valence-electron chi connectivity index (χ3n) is 4.80. The molecule has 1 saturated heterocycles. The van der Waals surface area contributed by atoms with Gasteiger partial charge in [-0.15, -0.1) is 0 Å². The molecule has 2 heterocycles. The van der Waals surface area contributed by atoms with Gasteiger partial charge in [-0.1, -0.05) is 24.3 Å². The maximum absolute atomic E-state index is 12.6. The standard InChI is InChI=1S/C20H21N3O/c1-3-22-18-10-5-4-9-17(18)21-20(22)15-12-19(24)23(13-15)16-8-6-7-14(2)11-16/h4-11,15H,3,12-13H2,1-2H3/t15-/m0/s1. The van der Waals surface area contributed by atoms with Crippen molar-refractivity contribution < 1.29 is 4.79 Å². The summed E-state index contributed by atoms with van der Waals surface area (Å²) in [5.41, 5.74) is 4.32. The van der Waals surface area contributed by atoms with Crippen molar-refractivity contribution in [2.75, 3.05) is 11.4 Å². The second kappa shape index (κ2) is 5.78.